The normalized spacial score (nSPS) is 34.0. The smallest absolute Gasteiger partial charge is 0.125 e. The van der Waals surface area contributed by atoms with Crippen LogP contribution >= 0.6 is 11.8 Å². The summed E-state index contributed by atoms with van der Waals surface area (Å²) in [6.07, 6.45) is 18.2. The van der Waals surface area contributed by atoms with Gasteiger partial charge in [0.1, 0.15) is 16.9 Å². The van der Waals surface area contributed by atoms with Gasteiger partial charge in [0.15, 0.2) is 0 Å². The molecule has 4 N–H and O–H groups in total. The highest BCUT2D eigenvalue weighted by molar-refractivity contribution is 7.98. The van der Waals surface area contributed by atoms with Crippen molar-refractivity contribution in [2.75, 3.05) is 19.3 Å². The average Bonchev–Trinajstić information content (AvgIpc) is 3.18. The predicted octanol–water partition coefficient (Wildman–Crippen LogP) is 5.69. The highest BCUT2D eigenvalue weighted by Crippen LogP contribution is 2.60. The van der Waals surface area contributed by atoms with Crippen molar-refractivity contribution in [1.82, 2.24) is 20.9 Å². The molecule has 1 aliphatic heterocycles. The number of nitrogens with zero attached hydrogens (tertiary/aromatic N) is 3. The van der Waals surface area contributed by atoms with Crippen LogP contribution in [0.2, 0.25) is 0 Å². The Hall–Kier alpha value is -2.34. The van der Waals surface area contributed by atoms with E-state index in [0.717, 1.165) is 84.6 Å². The topological polar surface area (TPSA) is 105 Å². The maximum atomic E-state index is 10.1. The molecule has 1 aromatic rings. The lowest BCUT2D eigenvalue weighted by molar-refractivity contribution is -0.0752. The van der Waals surface area contributed by atoms with E-state index in [1.165, 1.54) is 50.5 Å². The summed E-state index contributed by atoms with van der Waals surface area (Å²) in [7, 11) is 0. The molecule has 2 heterocycles. The van der Waals surface area contributed by atoms with Crippen LogP contribution in [-0.4, -0.2) is 47.8 Å². The van der Waals surface area contributed by atoms with Gasteiger partial charge in [-0.1, -0.05) is 13.0 Å². The Kier molecular flexibility index (Phi) is 9.28. The molecule has 0 spiro atoms. The van der Waals surface area contributed by atoms with Gasteiger partial charge < -0.3 is 21.1 Å². The van der Waals surface area contributed by atoms with E-state index in [0.29, 0.717) is 23.6 Å². The Balaban J connectivity index is 1.09. The fourth-order valence-corrected chi connectivity index (χ4v) is 9.59. The summed E-state index contributed by atoms with van der Waals surface area (Å²) < 4.78 is 0. The van der Waals surface area contributed by atoms with E-state index in [4.69, 9.17) is 4.99 Å². The molecule has 8 heteroatoms. The van der Waals surface area contributed by atoms with Crippen LogP contribution in [-0.2, 0) is 6.54 Å². The first-order valence-electron chi connectivity index (χ1n) is 16.3. The molecule has 0 saturated heterocycles. The van der Waals surface area contributed by atoms with Crippen molar-refractivity contribution in [2.24, 2.45) is 34.1 Å². The zero-order valence-corrected chi connectivity index (χ0v) is 26.2. The fourth-order valence-electron chi connectivity index (χ4n) is 9.02. The van der Waals surface area contributed by atoms with E-state index in [2.05, 4.69) is 46.2 Å². The Bertz CT molecular complexity index is 1240. The molecule has 5 atom stereocenters. The quantitative estimate of drug-likeness (QED) is 0.246. The molecule has 6 aliphatic rings. The van der Waals surface area contributed by atoms with E-state index in [1.54, 1.807) is 18.0 Å². The van der Waals surface area contributed by atoms with E-state index in [-0.39, 0.29) is 6.10 Å². The number of aliphatic hydroxyl groups excluding tert-OH is 1. The van der Waals surface area contributed by atoms with Crippen LogP contribution in [0.5, 0.6) is 0 Å². The number of rotatable bonds is 11. The van der Waals surface area contributed by atoms with Gasteiger partial charge in [-0.05, 0) is 118 Å². The van der Waals surface area contributed by atoms with Crippen LogP contribution in [0.25, 0.3) is 0 Å². The Labute approximate surface area is 256 Å². The summed E-state index contributed by atoms with van der Waals surface area (Å²) in [6.45, 7) is 4.93. The molecular weight excluding hydrogens is 540 g/mol. The summed E-state index contributed by atoms with van der Waals surface area (Å²) in [5, 5.41) is 32.5. The van der Waals surface area contributed by atoms with Gasteiger partial charge in [-0.2, -0.15) is 5.26 Å². The monoisotopic (exact) mass is 588 g/mol. The summed E-state index contributed by atoms with van der Waals surface area (Å²) >= 11 is 1.66. The summed E-state index contributed by atoms with van der Waals surface area (Å²) in [5.41, 5.74) is 4.42. The standard InChI is InChI=1S/C34H48N6OS/c1-3-24-13-30(28(17-35)20-39-32(24)38-19-25-5-4-10-36-33(25)42-2)40-21-34-14-23-11-26(15-34)31(27(12-23)16-34)37-18-22-6-8-29(41)9-7-22/h4-5,10,20,22-23,26-27,29,31,37-38,40-41H,3,6-9,11-16,18-19,21H2,1-2H3/t22?,23?,26-,27?,29?,31?,34?/m0/s1. The Morgan fingerprint density at radius 2 is 1.90 bits per heavy atom. The van der Waals surface area contributed by atoms with Crippen LogP contribution in [0.3, 0.4) is 0 Å². The van der Waals surface area contributed by atoms with Gasteiger partial charge in [0, 0.05) is 49.2 Å². The molecular formula is C34H48N6OS. The minimum Gasteiger partial charge on any atom is -0.393 e. The third-order valence-corrected chi connectivity index (χ3v) is 11.7. The number of nitrogens with one attached hydrogen (secondary N) is 3. The number of aromatic nitrogens is 1. The van der Waals surface area contributed by atoms with E-state index in [1.807, 2.05) is 12.3 Å². The van der Waals surface area contributed by atoms with Gasteiger partial charge in [0.25, 0.3) is 0 Å². The fraction of sp³-hybridized carbons (Fsp3) is 0.676. The average molecular weight is 589 g/mol. The highest BCUT2D eigenvalue weighted by atomic mass is 32.2. The molecule has 1 aromatic heterocycles. The first-order valence-corrected chi connectivity index (χ1v) is 17.5. The van der Waals surface area contributed by atoms with Crippen molar-refractivity contribution in [3.05, 3.63) is 46.6 Å². The molecule has 7 nitrogen and oxygen atoms in total. The molecule has 226 valence electrons. The largest absolute Gasteiger partial charge is 0.393 e. The number of aliphatic hydroxyl groups is 1. The molecule has 4 bridgehead atoms. The van der Waals surface area contributed by atoms with Crippen molar-refractivity contribution in [2.45, 2.75) is 101 Å². The lowest BCUT2D eigenvalue weighted by Gasteiger charge is -2.60. The van der Waals surface area contributed by atoms with Gasteiger partial charge in [0.05, 0.1) is 11.7 Å². The zero-order chi connectivity index (χ0) is 29.1. The van der Waals surface area contributed by atoms with Crippen molar-refractivity contribution in [3.8, 4) is 6.07 Å². The van der Waals surface area contributed by atoms with Crippen LogP contribution < -0.4 is 16.0 Å². The minimum atomic E-state index is -0.0713. The van der Waals surface area contributed by atoms with Crippen LogP contribution in [0, 0.1) is 40.4 Å². The molecule has 42 heavy (non-hydrogen) atoms. The maximum Gasteiger partial charge on any atom is 0.125 e. The summed E-state index contributed by atoms with van der Waals surface area (Å²) in [6, 6.07) is 7.19. The number of pyridine rings is 1. The molecule has 0 radical (unpaired) electrons. The van der Waals surface area contributed by atoms with Gasteiger partial charge in [-0.15, -0.1) is 11.8 Å². The van der Waals surface area contributed by atoms with E-state index in [9.17, 15) is 10.4 Å². The SMILES string of the molecule is CCC1=C(NCc2cccnc2SC)N=CC(C#N)=C(NCC23CC4CC(C2)C(NCC2CCC(O)CC2)[C@@H](C4)C3)C1. The molecule has 4 unspecified atom stereocenters. The molecule has 5 fully saturated rings. The number of allylic oxidation sites excluding steroid dienone is 2. The summed E-state index contributed by atoms with van der Waals surface area (Å²) in [5.74, 6) is 4.01. The lowest BCUT2D eigenvalue weighted by Crippen LogP contribution is -2.60. The van der Waals surface area contributed by atoms with E-state index < -0.39 is 0 Å². The Morgan fingerprint density at radius 1 is 1.12 bits per heavy atom. The first kappa shape index (κ1) is 29.7. The minimum absolute atomic E-state index is 0.0713. The van der Waals surface area contributed by atoms with E-state index >= 15 is 0 Å². The summed E-state index contributed by atoms with van der Waals surface area (Å²) in [4.78, 5) is 9.26. The number of aliphatic imine (C=N–C) groups is 1. The van der Waals surface area contributed by atoms with Crippen LogP contribution in [0.4, 0.5) is 0 Å². The van der Waals surface area contributed by atoms with Crippen LogP contribution in [0.1, 0.15) is 83.1 Å². The lowest BCUT2D eigenvalue weighted by atomic mass is 9.48. The second kappa shape index (κ2) is 13.1. The third kappa shape index (κ3) is 6.44. The van der Waals surface area contributed by atoms with Crippen molar-refractivity contribution in [3.63, 3.8) is 0 Å². The second-order valence-electron chi connectivity index (χ2n) is 13.7. The highest BCUT2D eigenvalue weighted by Gasteiger charge is 2.55. The number of nitriles is 1. The van der Waals surface area contributed by atoms with Crippen molar-refractivity contribution >= 4 is 18.0 Å². The van der Waals surface area contributed by atoms with Crippen LogP contribution in [0.15, 0.2) is 51.0 Å². The molecule has 0 aromatic carbocycles. The number of hydrogen-bond acceptors (Lipinski definition) is 8. The predicted molar refractivity (Wildman–Crippen MR) is 170 cm³/mol. The maximum absolute atomic E-state index is 10.1. The van der Waals surface area contributed by atoms with Gasteiger partial charge in [-0.3, -0.25) is 0 Å². The zero-order valence-electron chi connectivity index (χ0n) is 25.4. The van der Waals surface area contributed by atoms with Gasteiger partial charge >= 0.3 is 0 Å². The van der Waals surface area contributed by atoms with Crippen molar-refractivity contribution < 1.29 is 5.11 Å². The van der Waals surface area contributed by atoms with Gasteiger partial charge in [0.2, 0.25) is 0 Å². The number of thioether (sulfide) groups is 1. The second-order valence-corrected chi connectivity index (χ2v) is 14.5. The molecule has 0 amide bonds. The third-order valence-electron chi connectivity index (χ3n) is 10.9. The Morgan fingerprint density at radius 3 is 2.62 bits per heavy atom. The molecule has 5 aliphatic carbocycles. The number of hydrogen-bond donors (Lipinski definition) is 4. The first-order chi connectivity index (χ1) is 20.5. The van der Waals surface area contributed by atoms with Gasteiger partial charge in [-0.25, -0.2) is 9.98 Å². The molecule has 7 rings (SSSR count). The van der Waals surface area contributed by atoms with Crippen molar-refractivity contribution in [1.29, 1.82) is 5.26 Å². The molecule has 5 saturated carbocycles.